The molecule has 1 saturated carbocycles. The first-order chi connectivity index (χ1) is 10.0. The van der Waals surface area contributed by atoms with E-state index in [1.165, 1.54) is 0 Å². The van der Waals surface area contributed by atoms with E-state index in [1.54, 1.807) is 0 Å². The van der Waals surface area contributed by atoms with Crippen molar-refractivity contribution >= 4 is 11.9 Å². The van der Waals surface area contributed by atoms with Gasteiger partial charge in [0.25, 0.3) is 0 Å². The first kappa shape index (κ1) is 15.5. The number of hydrogen-bond donors (Lipinski definition) is 3. The van der Waals surface area contributed by atoms with Crippen LogP contribution < -0.4 is 11.1 Å². The van der Waals surface area contributed by atoms with Crippen LogP contribution in [-0.2, 0) is 16.0 Å². The van der Waals surface area contributed by atoms with Crippen molar-refractivity contribution in [1.29, 1.82) is 0 Å². The summed E-state index contributed by atoms with van der Waals surface area (Å²) in [4.78, 5) is 23.5. The van der Waals surface area contributed by atoms with Gasteiger partial charge in [0.2, 0.25) is 5.91 Å². The van der Waals surface area contributed by atoms with Crippen LogP contribution in [0.3, 0.4) is 0 Å². The summed E-state index contributed by atoms with van der Waals surface area (Å²) in [6, 6.07) is 8.90. The number of amides is 1. The van der Waals surface area contributed by atoms with Crippen molar-refractivity contribution in [2.24, 2.45) is 11.1 Å². The van der Waals surface area contributed by atoms with Gasteiger partial charge in [-0.25, -0.2) is 0 Å². The largest absolute Gasteiger partial charge is 0.481 e. The van der Waals surface area contributed by atoms with E-state index in [2.05, 4.69) is 5.32 Å². The van der Waals surface area contributed by atoms with E-state index in [-0.39, 0.29) is 12.5 Å². The SMILES string of the molecule is NC(Cc1ccccc1)C(=O)NCC1(C(=O)O)CCCC1. The second-order valence-corrected chi connectivity index (χ2v) is 5.81. The predicted octanol–water partition coefficient (Wildman–Crippen LogP) is 1.32. The van der Waals surface area contributed by atoms with E-state index in [9.17, 15) is 14.7 Å². The number of carbonyl (C=O) groups excluding carboxylic acids is 1. The Bertz CT molecular complexity index is 496. The molecule has 0 spiro atoms. The molecule has 5 nitrogen and oxygen atoms in total. The van der Waals surface area contributed by atoms with Crippen molar-refractivity contribution in [3.05, 3.63) is 35.9 Å². The topological polar surface area (TPSA) is 92.4 Å². The molecule has 1 aliphatic carbocycles. The highest BCUT2D eigenvalue weighted by Gasteiger charge is 2.41. The second kappa shape index (κ2) is 6.72. The minimum Gasteiger partial charge on any atom is -0.481 e. The van der Waals surface area contributed by atoms with Crippen molar-refractivity contribution in [2.75, 3.05) is 6.54 Å². The van der Waals surface area contributed by atoms with Gasteiger partial charge in [0.05, 0.1) is 11.5 Å². The van der Waals surface area contributed by atoms with Gasteiger partial charge < -0.3 is 16.2 Å². The van der Waals surface area contributed by atoms with Crippen LogP contribution in [0.2, 0.25) is 0 Å². The number of nitrogens with two attached hydrogens (primary N) is 1. The molecule has 1 fully saturated rings. The Morgan fingerprint density at radius 1 is 1.24 bits per heavy atom. The van der Waals surface area contributed by atoms with Gasteiger partial charge >= 0.3 is 5.97 Å². The van der Waals surface area contributed by atoms with Crippen LogP contribution in [0.15, 0.2) is 30.3 Å². The van der Waals surface area contributed by atoms with Crippen LogP contribution in [0.5, 0.6) is 0 Å². The summed E-state index contributed by atoms with van der Waals surface area (Å²) < 4.78 is 0. The van der Waals surface area contributed by atoms with E-state index in [0.29, 0.717) is 19.3 Å². The summed E-state index contributed by atoms with van der Waals surface area (Å²) in [6.07, 6.45) is 3.50. The molecule has 2 rings (SSSR count). The normalized spacial score (nSPS) is 18.1. The maximum absolute atomic E-state index is 12.0. The van der Waals surface area contributed by atoms with E-state index in [1.807, 2.05) is 30.3 Å². The fourth-order valence-electron chi connectivity index (χ4n) is 2.87. The number of carboxylic acid groups (broad SMARTS) is 1. The third-order valence-corrected chi connectivity index (χ3v) is 4.25. The molecular weight excluding hydrogens is 268 g/mol. The molecule has 1 unspecified atom stereocenters. The number of aliphatic carboxylic acids is 1. The Kier molecular flexibility index (Phi) is 4.96. The summed E-state index contributed by atoms with van der Waals surface area (Å²) >= 11 is 0. The Morgan fingerprint density at radius 3 is 2.43 bits per heavy atom. The van der Waals surface area contributed by atoms with E-state index in [0.717, 1.165) is 18.4 Å². The smallest absolute Gasteiger partial charge is 0.311 e. The molecule has 0 radical (unpaired) electrons. The molecule has 0 saturated heterocycles. The second-order valence-electron chi connectivity index (χ2n) is 5.81. The number of carbonyl (C=O) groups is 2. The molecule has 0 aliphatic heterocycles. The van der Waals surface area contributed by atoms with Crippen LogP contribution in [-0.4, -0.2) is 29.6 Å². The summed E-state index contributed by atoms with van der Waals surface area (Å²) in [5, 5.41) is 12.1. The maximum atomic E-state index is 12.0. The number of rotatable bonds is 6. The Hall–Kier alpha value is -1.88. The molecule has 1 aliphatic rings. The maximum Gasteiger partial charge on any atom is 0.311 e. The lowest BCUT2D eigenvalue weighted by Gasteiger charge is -2.25. The predicted molar refractivity (Wildman–Crippen MR) is 79.7 cm³/mol. The van der Waals surface area contributed by atoms with Crippen molar-refractivity contribution in [1.82, 2.24) is 5.32 Å². The zero-order chi connectivity index (χ0) is 15.3. The number of carboxylic acids is 1. The van der Waals surface area contributed by atoms with Crippen LogP contribution in [0.1, 0.15) is 31.2 Å². The summed E-state index contributed by atoms with van der Waals surface area (Å²) in [7, 11) is 0. The fraction of sp³-hybridized carbons (Fsp3) is 0.500. The van der Waals surface area contributed by atoms with Gasteiger partial charge in [-0.2, -0.15) is 0 Å². The molecule has 0 aromatic heterocycles. The van der Waals surface area contributed by atoms with Crippen molar-refractivity contribution in [3.63, 3.8) is 0 Å². The average Bonchev–Trinajstić information content (AvgIpc) is 2.96. The van der Waals surface area contributed by atoms with Crippen LogP contribution in [0, 0.1) is 5.41 Å². The Labute approximate surface area is 124 Å². The molecule has 0 bridgehead atoms. The zero-order valence-corrected chi connectivity index (χ0v) is 12.0. The molecule has 1 aromatic carbocycles. The molecule has 5 heteroatoms. The van der Waals surface area contributed by atoms with Crippen LogP contribution in [0.25, 0.3) is 0 Å². The molecular formula is C16H22N2O3. The third kappa shape index (κ3) is 3.82. The molecule has 1 atom stereocenters. The molecule has 21 heavy (non-hydrogen) atoms. The van der Waals surface area contributed by atoms with Crippen LogP contribution in [0.4, 0.5) is 0 Å². The molecule has 4 N–H and O–H groups in total. The Balaban J connectivity index is 1.87. The highest BCUT2D eigenvalue weighted by atomic mass is 16.4. The molecule has 114 valence electrons. The lowest BCUT2D eigenvalue weighted by atomic mass is 9.86. The molecule has 1 aromatic rings. The minimum absolute atomic E-state index is 0.170. The lowest BCUT2D eigenvalue weighted by Crippen LogP contribution is -2.47. The zero-order valence-electron chi connectivity index (χ0n) is 12.0. The van der Waals surface area contributed by atoms with Crippen LogP contribution >= 0.6 is 0 Å². The van der Waals surface area contributed by atoms with E-state index in [4.69, 9.17) is 5.73 Å². The van der Waals surface area contributed by atoms with Gasteiger partial charge in [-0.1, -0.05) is 43.2 Å². The number of hydrogen-bond acceptors (Lipinski definition) is 3. The number of nitrogens with one attached hydrogen (secondary N) is 1. The fourth-order valence-corrected chi connectivity index (χ4v) is 2.87. The first-order valence-electron chi connectivity index (χ1n) is 7.34. The number of benzene rings is 1. The summed E-state index contributed by atoms with van der Waals surface area (Å²) in [5.41, 5.74) is 6.08. The Morgan fingerprint density at radius 2 is 1.86 bits per heavy atom. The highest BCUT2D eigenvalue weighted by molar-refractivity contribution is 5.83. The highest BCUT2D eigenvalue weighted by Crippen LogP contribution is 2.37. The quantitative estimate of drug-likeness (QED) is 0.736. The van der Waals surface area contributed by atoms with Crippen molar-refractivity contribution < 1.29 is 14.7 Å². The van der Waals surface area contributed by atoms with Gasteiger partial charge in [-0.05, 0) is 24.8 Å². The van der Waals surface area contributed by atoms with Gasteiger partial charge in [0, 0.05) is 6.54 Å². The standard InChI is InChI=1S/C16H22N2O3/c17-13(10-12-6-2-1-3-7-12)14(19)18-11-16(15(20)21)8-4-5-9-16/h1-3,6-7,13H,4-5,8-11,17H2,(H,18,19)(H,20,21). The van der Waals surface area contributed by atoms with E-state index < -0.39 is 17.4 Å². The van der Waals surface area contributed by atoms with Gasteiger partial charge in [-0.15, -0.1) is 0 Å². The first-order valence-corrected chi connectivity index (χ1v) is 7.34. The minimum atomic E-state index is -0.822. The molecule has 1 amide bonds. The van der Waals surface area contributed by atoms with Crippen molar-refractivity contribution in [2.45, 2.75) is 38.1 Å². The van der Waals surface area contributed by atoms with Gasteiger partial charge in [0.15, 0.2) is 0 Å². The van der Waals surface area contributed by atoms with Crippen molar-refractivity contribution in [3.8, 4) is 0 Å². The lowest BCUT2D eigenvalue weighted by molar-refractivity contribution is -0.148. The van der Waals surface area contributed by atoms with E-state index >= 15 is 0 Å². The summed E-state index contributed by atoms with van der Waals surface area (Å²) in [6.45, 7) is 0.170. The van der Waals surface area contributed by atoms with Gasteiger partial charge in [0.1, 0.15) is 0 Å². The third-order valence-electron chi connectivity index (χ3n) is 4.25. The summed E-state index contributed by atoms with van der Waals surface area (Å²) in [5.74, 6) is -1.11. The molecule has 0 heterocycles. The van der Waals surface area contributed by atoms with Gasteiger partial charge in [-0.3, -0.25) is 9.59 Å². The monoisotopic (exact) mass is 290 g/mol. The average molecular weight is 290 g/mol.